The highest BCUT2D eigenvalue weighted by Crippen LogP contribution is 2.28. The molecule has 1 rings (SSSR count). The van der Waals surface area contributed by atoms with Crippen molar-refractivity contribution in [2.24, 2.45) is 11.5 Å². The third-order valence-electron chi connectivity index (χ3n) is 2.31. The Morgan fingerprint density at radius 2 is 2.06 bits per heavy atom. The van der Waals surface area contributed by atoms with Gasteiger partial charge in [0.05, 0.1) is 11.6 Å². The summed E-state index contributed by atoms with van der Waals surface area (Å²) >= 11 is 6.08. The highest BCUT2D eigenvalue weighted by atomic mass is 35.5. The van der Waals surface area contributed by atoms with Gasteiger partial charge in [-0.2, -0.15) is 0 Å². The third-order valence-corrected chi connectivity index (χ3v) is 2.61. The summed E-state index contributed by atoms with van der Waals surface area (Å²) < 4.78 is 5.36. The van der Waals surface area contributed by atoms with Crippen molar-refractivity contribution in [1.82, 2.24) is 0 Å². The molecule has 1 aromatic rings. The van der Waals surface area contributed by atoms with Crippen LogP contribution in [0, 0.1) is 0 Å². The van der Waals surface area contributed by atoms with Gasteiger partial charge in [-0.1, -0.05) is 17.7 Å². The van der Waals surface area contributed by atoms with E-state index in [1.54, 1.807) is 0 Å². The van der Waals surface area contributed by atoms with Gasteiger partial charge in [0.25, 0.3) is 0 Å². The molecule has 0 fully saturated rings. The molecule has 3 nitrogen and oxygen atoms in total. The molecular weight excluding hydrogens is 224 g/mol. The summed E-state index contributed by atoms with van der Waals surface area (Å²) in [4.78, 5) is 0. The van der Waals surface area contributed by atoms with Crippen molar-refractivity contribution in [2.45, 2.75) is 32.4 Å². The molecule has 0 saturated carbocycles. The van der Waals surface area contributed by atoms with E-state index in [1.165, 1.54) is 0 Å². The van der Waals surface area contributed by atoms with Crippen molar-refractivity contribution in [3.05, 3.63) is 28.8 Å². The molecule has 0 aromatic heterocycles. The van der Waals surface area contributed by atoms with Crippen LogP contribution in [0.15, 0.2) is 18.2 Å². The van der Waals surface area contributed by atoms with E-state index in [0.29, 0.717) is 17.4 Å². The minimum Gasteiger partial charge on any atom is -0.492 e. The van der Waals surface area contributed by atoms with E-state index in [2.05, 4.69) is 0 Å². The molecule has 4 N–H and O–H groups in total. The van der Waals surface area contributed by atoms with Crippen molar-refractivity contribution in [3.8, 4) is 5.75 Å². The van der Waals surface area contributed by atoms with E-state index >= 15 is 0 Å². The number of hydrogen-bond acceptors (Lipinski definition) is 3. The molecule has 1 aromatic carbocycles. The Morgan fingerprint density at radius 1 is 1.38 bits per heavy atom. The maximum absolute atomic E-state index is 6.08. The van der Waals surface area contributed by atoms with Gasteiger partial charge in [-0.25, -0.2) is 0 Å². The van der Waals surface area contributed by atoms with Gasteiger partial charge in [0, 0.05) is 12.1 Å². The maximum atomic E-state index is 6.08. The second kappa shape index (κ2) is 6.09. The number of ether oxygens (including phenoxy) is 1. The van der Waals surface area contributed by atoms with Gasteiger partial charge < -0.3 is 16.2 Å². The highest BCUT2D eigenvalue weighted by molar-refractivity contribution is 6.32. The van der Waals surface area contributed by atoms with Crippen LogP contribution in [-0.4, -0.2) is 12.6 Å². The average molecular weight is 243 g/mol. The van der Waals surface area contributed by atoms with Crippen LogP contribution in [0.25, 0.3) is 0 Å². The monoisotopic (exact) mass is 242 g/mol. The molecule has 4 heteroatoms. The molecule has 0 saturated heterocycles. The number of rotatable bonds is 5. The lowest BCUT2D eigenvalue weighted by Gasteiger charge is -2.15. The van der Waals surface area contributed by atoms with Crippen molar-refractivity contribution >= 4 is 11.6 Å². The Morgan fingerprint density at radius 3 is 2.56 bits per heavy atom. The fourth-order valence-electron chi connectivity index (χ4n) is 1.56. The third kappa shape index (κ3) is 3.67. The first-order chi connectivity index (χ1) is 7.54. The fourth-order valence-corrected chi connectivity index (χ4v) is 1.80. The van der Waals surface area contributed by atoms with Gasteiger partial charge in [-0.3, -0.25) is 0 Å². The topological polar surface area (TPSA) is 61.3 Å². The Bertz CT molecular complexity index is 342. The van der Waals surface area contributed by atoms with E-state index in [9.17, 15) is 0 Å². The predicted molar refractivity (Wildman–Crippen MR) is 67.8 cm³/mol. The Kier molecular flexibility index (Phi) is 5.06. The maximum Gasteiger partial charge on any atom is 0.137 e. The lowest BCUT2D eigenvalue weighted by Crippen LogP contribution is -2.23. The molecule has 0 heterocycles. The summed E-state index contributed by atoms with van der Waals surface area (Å²) in [5.41, 5.74) is 12.7. The van der Waals surface area contributed by atoms with Crippen LogP contribution in [0.3, 0.4) is 0 Å². The van der Waals surface area contributed by atoms with Crippen LogP contribution in [0.1, 0.15) is 31.9 Å². The van der Waals surface area contributed by atoms with Gasteiger partial charge in [0.15, 0.2) is 0 Å². The molecular formula is C12H19ClN2O. The molecule has 0 radical (unpaired) electrons. The molecule has 0 bridgehead atoms. The smallest absolute Gasteiger partial charge is 0.137 e. The molecule has 90 valence electrons. The summed E-state index contributed by atoms with van der Waals surface area (Å²) in [6, 6.07) is 5.64. The number of halogens is 1. The van der Waals surface area contributed by atoms with Crippen LogP contribution in [0.2, 0.25) is 5.02 Å². The van der Waals surface area contributed by atoms with Gasteiger partial charge in [0.1, 0.15) is 5.75 Å². The van der Waals surface area contributed by atoms with Gasteiger partial charge in [-0.15, -0.1) is 0 Å². The summed E-state index contributed by atoms with van der Waals surface area (Å²) in [5, 5.41) is 0.597. The zero-order valence-corrected chi connectivity index (χ0v) is 10.5. The first-order valence-electron chi connectivity index (χ1n) is 5.48. The van der Waals surface area contributed by atoms with E-state index in [1.807, 2.05) is 32.0 Å². The van der Waals surface area contributed by atoms with Crippen molar-refractivity contribution < 1.29 is 4.74 Å². The molecule has 0 amide bonds. The minimum absolute atomic E-state index is 0.0758. The Balaban J connectivity index is 2.79. The molecule has 0 aliphatic heterocycles. The number of nitrogens with two attached hydrogens (primary N) is 2. The summed E-state index contributed by atoms with van der Waals surface area (Å²) in [5.74, 6) is 0.695. The van der Waals surface area contributed by atoms with Crippen molar-refractivity contribution in [3.63, 3.8) is 0 Å². The average Bonchev–Trinajstić information content (AvgIpc) is 2.20. The quantitative estimate of drug-likeness (QED) is 0.834. The van der Waals surface area contributed by atoms with Gasteiger partial charge in [-0.05, 0) is 38.0 Å². The normalized spacial score (nSPS) is 14.6. The van der Waals surface area contributed by atoms with E-state index in [-0.39, 0.29) is 12.1 Å². The van der Waals surface area contributed by atoms with Crippen molar-refractivity contribution in [1.29, 1.82) is 0 Å². The number of benzene rings is 1. The van der Waals surface area contributed by atoms with E-state index in [4.69, 9.17) is 27.8 Å². The second-order valence-electron chi connectivity index (χ2n) is 3.94. The van der Waals surface area contributed by atoms with Crippen molar-refractivity contribution in [2.75, 3.05) is 6.61 Å². The molecule has 0 spiro atoms. The highest BCUT2D eigenvalue weighted by Gasteiger charge is 2.10. The van der Waals surface area contributed by atoms with Crippen LogP contribution in [-0.2, 0) is 0 Å². The SMILES string of the molecule is CCOc1ccc(C(N)CC(C)N)cc1Cl. The number of hydrogen-bond donors (Lipinski definition) is 2. The first kappa shape index (κ1) is 13.3. The molecule has 2 unspecified atom stereocenters. The predicted octanol–water partition coefficient (Wildman–Crippen LogP) is 2.48. The first-order valence-corrected chi connectivity index (χ1v) is 5.85. The zero-order valence-electron chi connectivity index (χ0n) is 9.74. The molecule has 0 aliphatic carbocycles. The molecule has 2 atom stereocenters. The largest absolute Gasteiger partial charge is 0.492 e. The van der Waals surface area contributed by atoms with Crippen LogP contribution >= 0.6 is 11.6 Å². The van der Waals surface area contributed by atoms with Crippen LogP contribution in [0.5, 0.6) is 5.75 Å². The summed E-state index contributed by atoms with van der Waals surface area (Å²) in [6.07, 6.45) is 0.740. The van der Waals surface area contributed by atoms with Crippen LogP contribution < -0.4 is 16.2 Å². The molecule has 16 heavy (non-hydrogen) atoms. The van der Waals surface area contributed by atoms with E-state index in [0.717, 1.165) is 12.0 Å². The van der Waals surface area contributed by atoms with Crippen LogP contribution in [0.4, 0.5) is 0 Å². The Hall–Kier alpha value is -0.770. The second-order valence-corrected chi connectivity index (χ2v) is 4.35. The summed E-state index contributed by atoms with van der Waals surface area (Å²) in [6.45, 7) is 4.47. The lowest BCUT2D eigenvalue weighted by molar-refractivity contribution is 0.340. The molecule has 0 aliphatic rings. The van der Waals surface area contributed by atoms with Gasteiger partial charge >= 0.3 is 0 Å². The Labute approximate surface area is 102 Å². The summed E-state index contributed by atoms with van der Waals surface area (Å²) in [7, 11) is 0. The van der Waals surface area contributed by atoms with Gasteiger partial charge in [0.2, 0.25) is 0 Å². The van der Waals surface area contributed by atoms with E-state index < -0.39 is 0 Å². The lowest BCUT2D eigenvalue weighted by atomic mass is 10.0. The standard InChI is InChI=1S/C12H19ClN2O/c1-3-16-12-5-4-9(7-10(12)13)11(15)6-8(2)14/h4-5,7-8,11H,3,6,14-15H2,1-2H3. The zero-order chi connectivity index (χ0) is 12.1. The minimum atomic E-state index is -0.0758. The fraction of sp³-hybridized carbons (Fsp3) is 0.500.